The maximum absolute atomic E-state index is 3.64. The largest absolute Gasteiger partial charge is 0.312 e. The molecule has 2 aromatic rings. The Morgan fingerprint density at radius 3 is 2.29 bits per heavy atom. The molecule has 0 bridgehead atoms. The van der Waals surface area contributed by atoms with Crippen molar-refractivity contribution in [2.45, 2.75) is 38.1 Å². The van der Waals surface area contributed by atoms with Crippen molar-refractivity contribution in [3.05, 3.63) is 69.2 Å². The van der Waals surface area contributed by atoms with Gasteiger partial charge in [-0.05, 0) is 62.1 Å². The van der Waals surface area contributed by atoms with Crippen LogP contribution in [-0.4, -0.2) is 7.05 Å². The van der Waals surface area contributed by atoms with Gasteiger partial charge in [-0.1, -0.05) is 52.3 Å². The van der Waals surface area contributed by atoms with E-state index in [0.717, 1.165) is 0 Å². The molecule has 1 atom stereocenters. The van der Waals surface area contributed by atoms with Crippen LogP contribution in [0.25, 0.3) is 0 Å². The summed E-state index contributed by atoms with van der Waals surface area (Å²) < 4.78 is 1.20. The van der Waals surface area contributed by atoms with Crippen LogP contribution in [0.1, 0.15) is 41.1 Å². The minimum Gasteiger partial charge on any atom is -0.312 e. The predicted octanol–water partition coefficient (Wildman–Crippen LogP) is 5.06. The molecule has 0 saturated heterocycles. The Balaban J connectivity index is 2.06. The highest BCUT2D eigenvalue weighted by Gasteiger charge is 2.50. The molecule has 0 aliphatic heterocycles. The molecule has 1 fully saturated rings. The molecule has 3 rings (SSSR count). The summed E-state index contributed by atoms with van der Waals surface area (Å²) in [6.07, 6.45) is 2.52. The van der Waals surface area contributed by atoms with E-state index in [1.165, 1.54) is 39.6 Å². The van der Waals surface area contributed by atoms with E-state index in [0.29, 0.717) is 6.04 Å². The predicted molar refractivity (Wildman–Crippen MR) is 92.8 cm³/mol. The molecule has 1 aliphatic rings. The van der Waals surface area contributed by atoms with E-state index in [4.69, 9.17) is 0 Å². The number of hydrogen-bond acceptors (Lipinski definition) is 1. The molecular weight excluding hydrogens is 322 g/mol. The zero-order valence-corrected chi connectivity index (χ0v) is 14.5. The molecule has 0 radical (unpaired) electrons. The third-order valence-corrected chi connectivity index (χ3v) is 5.69. The van der Waals surface area contributed by atoms with Gasteiger partial charge in [-0.25, -0.2) is 0 Å². The van der Waals surface area contributed by atoms with Crippen LogP contribution < -0.4 is 5.32 Å². The maximum atomic E-state index is 3.64. The van der Waals surface area contributed by atoms with Crippen LogP contribution in [0.3, 0.4) is 0 Å². The Morgan fingerprint density at radius 2 is 1.71 bits per heavy atom. The molecule has 1 saturated carbocycles. The Hall–Kier alpha value is -1.12. The molecule has 0 amide bonds. The van der Waals surface area contributed by atoms with E-state index in [1.54, 1.807) is 0 Å². The average molecular weight is 344 g/mol. The van der Waals surface area contributed by atoms with Crippen LogP contribution in [0.2, 0.25) is 0 Å². The molecule has 21 heavy (non-hydrogen) atoms. The summed E-state index contributed by atoms with van der Waals surface area (Å²) in [6, 6.07) is 15.9. The number of benzene rings is 2. The topological polar surface area (TPSA) is 12.0 Å². The molecule has 0 spiro atoms. The highest BCUT2D eigenvalue weighted by molar-refractivity contribution is 9.10. The number of nitrogens with one attached hydrogen (secondary N) is 1. The lowest BCUT2D eigenvalue weighted by Crippen LogP contribution is -2.30. The van der Waals surface area contributed by atoms with E-state index in [2.05, 4.69) is 84.6 Å². The highest BCUT2D eigenvalue weighted by atomic mass is 79.9. The average Bonchev–Trinajstić information content (AvgIpc) is 3.28. The molecule has 0 aromatic heterocycles. The van der Waals surface area contributed by atoms with E-state index < -0.39 is 0 Å². The molecule has 1 N–H and O–H groups in total. The van der Waals surface area contributed by atoms with Crippen LogP contribution in [-0.2, 0) is 5.41 Å². The van der Waals surface area contributed by atoms with Crippen molar-refractivity contribution in [2.75, 3.05) is 7.05 Å². The first kappa shape index (κ1) is 14.8. The van der Waals surface area contributed by atoms with Gasteiger partial charge in [-0.15, -0.1) is 0 Å². The van der Waals surface area contributed by atoms with Crippen LogP contribution in [0.4, 0.5) is 0 Å². The van der Waals surface area contributed by atoms with Gasteiger partial charge in [0.15, 0.2) is 0 Å². The Kier molecular flexibility index (Phi) is 3.94. The first-order valence-corrected chi connectivity index (χ1v) is 8.37. The van der Waals surface area contributed by atoms with Gasteiger partial charge in [-0.2, -0.15) is 0 Å². The van der Waals surface area contributed by atoms with Gasteiger partial charge in [0, 0.05) is 15.9 Å². The van der Waals surface area contributed by atoms with E-state index in [9.17, 15) is 0 Å². The summed E-state index contributed by atoms with van der Waals surface area (Å²) in [5.41, 5.74) is 5.82. The minimum absolute atomic E-state index is 0.265. The quantitative estimate of drug-likeness (QED) is 0.818. The fourth-order valence-electron chi connectivity index (χ4n) is 3.49. The van der Waals surface area contributed by atoms with Gasteiger partial charge in [0.25, 0.3) is 0 Å². The van der Waals surface area contributed by atoms with Gasteiger partial charge in [0.2, 0.25) is 0 Å². The Morgan fingerprint density at radius 1 is 1.05 bits per heavy atom. The molecule has 2 aromatic carbocycles. The third-order valence-electron chi connectivity index (χ3n) is 4.84. The van der Waals surface area contributed by atoms with Gasteiger partial charge < -0.3 is 5.32 Å². The Bertz CT molecular complexity index is 644. The zero-order chi connectivity index (χ0) is 15.0. The van der Waals surface area contributed by atoms with Gasteiger partial charge in [0.05, 0.1) is 0 Å². The summed E-state index contributed by atoms with van der Waals surface area (Å²) in [4.78, 5) is 0. The SMILES string of the molecule is CNC(c1cc(C)c(Br)cc1C)C1(c2ccccc2)CC1. The highest BCUT2D eigenvalue weighted by Crippen LogP contribution is 2.56. The first-order chi connectivity index (χ1) is 10.1. The van der Waals surface area contributed by atoms with Crippen molar-refractivity contribution in [2.24, 2.45) is 0 Å². The van der Waals surface area contributed by atoms with E-state index in [1.807, 2.05) is 0 Å². The second-order valence-electron chi connectivity index (χ2n) is 6.20. The lowest BCUT2D eigenvalue weighted by atomic mass is 9.82. The van der Waals surface area contributed by atoms with Crippen LogP contribution in [0.15, 0.2) is 46.9 Å². The van der Waals surface area contributed by atoms with Crippen LogP contribution in [0, 0.1) is 13.8 Å². The van der Waals surface area contributed by atoms with Gasteiger partial charge >= 0.3 is 0 Å². The summed E-state index contributed by atoms with van der Waals surface area (Å²) in [5, 5.41) is 3.59. The molecule has 1 nitrogen and oxygen atoms in total. The molecule has 2 heteroatoms. The summed E-state index contributed by atoms with van der Waals surface area (Å²) in [6.45, 7) is 4.38. The van der Waals surface area contributed by atoms with E-state index >= 15 is 0 Å². The zero-order valence-electron chi connectivity index (χ0n) is 12.9. The summed E-state index contributed by atoms with van der Waals surface area (Å²) in [7, 11) is 2.09. The number of hydrogen-bond donors (Lipinski definition) is 1. The minimum atomic E-state index is 0.265. The van der Waals surface area contributed by atoms with Gasteiger partial charge in [0.1, 0.15) is 0 Å². The number of aryl methyl sites for hydroxylation is 2. The fourth-order valence-corrected chi connectivity index (χ4v) is 3.95. The standard InChI is InChI=1S/C19H22BrN/c1-13-12-17(20)14(2)11-16(13)18(21-3)19(9-10-19)15-7-5-4-6-8-15/h4-8,11-12,18,21H,9-10H2,1-3H3. The molecule has 1 aliphatic carbocycles. The monoisotopic (exact) mass is 343 g/mol. The van der Waals surface area contributed by atoms with Crippen molar-refractivity contribution >= 4 is 15.9 Å². The first-order valence-electron chi connectivity index (χ1n) is 7.58. The van der Waals surface area contributed by atoms with Crippen molar-refractivity contribution < 1.29 is 0 Å². The number of rotatable bonds is 4. The van der Waals surface area contributed by atoms with Gasteiger partial charge in [-0.3, -0.25) is 0 Å². The third kappa shape index (κ3) is 2.56. The fraction of sp³-hybridized carbons (Fsp3) is 0.368. The molecule has 110 valence electrons. The summed E-state index contributed by atoms with van der Waals surface area (Å²) >= 11 is 3.64. The van der Waals surface area contributed by atoms with Crippen LogP contribution >= 0.6 is 15.9 Å². The molecule has 1 unspecified atom stereocenters. The van der Waals surface area contributed by atoms with Crippen molar-refractivity contribution in [1.29, 1.82) is 0 Å². The maximum Gasteiger partial charge on any atom is 0.0418 e. The summed E-state index contributed by atoms with van der Waals surface area (Å²) in [5.74, 6) is 0. The van der Waals surface area contributed by atoms with Crippen LogP contribution in [0.5, 0.6) is 0 Å². The second kappa shape index (κ2) is 5.58. The number of halogens is 1. The van der Waals surface area contributed by atoms with Crippen molar-refractivity contribution in [3.63, 3.8) is 0 Å². The lowest BCUT2D eigenvalue weighted by Gasteiger charge is -2.29. The second-order valence-corrected chi connectivity index (χ2v) is 7.06. The van der Waals surface area contributed by atoms with Crippen molar-refractivity contribution in [1.82, 2.24) is 5.32 Å². The molecular formula is C19H22BrN. The Labute approximate surface area is 135 Å². The smallest absolute Gasteiger partial charge is 0.0418 e. The lowest BCUT2D eigenvalue weighted by molar-refractivity contribution is 0.461. The van der Waals surface area contributed by atoms with Crippen molar-refractivity contribution in [3.8, 4) is 0 Å². The normalized spacial score (nSPS) is 17.5. The number of likely N-dealkylation sites (N-methyl/N-ethyl adjacent to an activating group) is 1. The molecule has 0 heterocycles. The van der Waals surface area contributed by atoms with E-state index in [-0.39, 0.29) is 5.41 Å².